The van der Waals surface area contributed by atoms with Crippen LogP contribution in [0.2, 0.25) is 0 Å². The van der Waals surface area contributed by atoms with Crippen LogP contribution in [0.15, 0.2) is 18.2 Å². The topological polar surface area (TPSA) is 78.9 Å². The summed E-state index contributed by atoms with van der Waals surface area (Å²) in [6.45, 7) is 4.85. The lowest BCUT2D eigenvalue weighted by Gasteiger charge is -2.29. The smallest absolute Gasteiger partial charge is 0.317 e. The number of para-hydroxylation sites is 1. The molecule has 0 radical (unpaired) electrons. The molecule has 2 amide bonds. The zero-order chi connectivity index (χ0) is 16.6. The molecular formula is C17H22N2O4. The van der Waals surface area contributed by atoms with Crippen molar-refractivity contribution in [3.63, 3.8) is 0 Å². The fourth-order valence-electron chi connectivity index (χ4n) is 3.26. The Labute approximate surface area is 135 Å². The number of carboxylic acid groups (broad SMARTS) is 1. The van der Waals surface area contributed by atoms with Crippen molar-refractivity contribution in [2.45, 2.75) is 32.7 Å². The Bertz CT molecular complexity index is 645. The molecule has 0 spiro atoms. The van der Waals surface area contributed by atoms with Crippen molar-refractivity contribution in [3.8, 4) is 5.75 Å². The van der Waals surface area contributed by atoms with Crippen molar-refractivity contribution in [2.75, 3.05) is 19.7 Å². The van der Waals surface area contributed by atoms with E-state index in [1.54, 1.807) is 11.8 Å². The highest BCUT2D eigenvalue weighted by atomic mass is 16.5. The first-order valence-corrected chi connectivity index (χ1v) is 7.89. The van der Waals surface area contributed by atoms with Crippen molar-refractivity contribution >= 4 is 12.0 Å². The second kappa shape index (κ2) is 5.76. The number of carbonyl (C=O) groups excluding carboxylic acids is 1. The average molecular weight is 318 g/mol. The first-order chi connectivity index (χ1) is 10.9. The highest BCUT2D eigenvalue weighted by Gasteiger charge is 2.42. The maximum Gasteiger partial charge on any atom is 0.317 e. The molecular weight excluding hydrogens is 296 g/mol. The summed E-state index contributed by atoms with van der Waals surface area (Å²) < 4.78 is 5.78. The monoisotopic (exact) mass is 318 g/mol. The molecule has 124 valence electrons. The highest BCUT2D eigenvalue weighted by molar-refractivity contribution is 5.79. The number of hydrogen-bond acceptors (Lipinski definition) is 3. The van der Waals surface area contributed by atoms with Gasteiger partial charge in [0.25, 0.3) is 0 Å². The van der Waals surface area contributed by atoms with E-state index in [9.17, 15) is 14.7 Å². The molecule has 0 aliphatic carbocycles. The molecule has 6 heteroatoms. The summed E-state index contributed by atoms with van der Waals surface area (Å²) in [6, 6.07) is 5.71. The van der Waals surface area contributed by atoms with Gasteiger partial charge in [-0.15, -0.1) is 0 Å². The van der Waals surface area contributed by atoms with Crippen LogP contribution in [0.1, 0.15) is 24.5 Å². The third-order valence-electron chi connectivity index (χ3n) is 4.79. The van der Waals surface area contributed by atoms with Crippen LogP contribution >= 0.6 is 0 Å². The van der Waals surface area contributed by atoms with Crippen LogP contribution in [0.5, 0.6) is 5.75 Å². The average Bonchev–Trinajstić information content (AvgIpc) is 2.91. The summed E-state index contributed by atoms with van der Waals surface area (Å²) in [5.74, 6) is 0.0656. The van der Waals surface area contributed by atoms with Gasteiger partial charge in [-0.25, -0.2) is 4.79 Å². The van der Waals surface area contributed by atoms with Gasteiger partial charge in [-0.1, -0.05) is 18.2 Å². The van der Waals surface area contributed by atoms with Gasteiger partial charge in [-0.2, -0.15) is 0 Å². The molecule has 23 heavy (non-hydrogen) atoms. The number of urea groups is 1. The first-order valence-electron chi connectivity index (χ1n) is 7.89. The Morgan fingerprint density at radius 3 is 2.91 bits per heavy atom. The Kier molecular flexibility index (Phi) is 3.92. The van der Waals surface area contributed by atoms with Crippen LogP contribution in [0.25, 0.3) is 0 Å². The molecule has 3 rings (SSSR count). The number of nitrogens with zero attached hydrogens (tertiary/aromatic N) is 1. The van der Waals surface area contributed by atoms with Crippen LogP contribution in [-0.4, -0.2) is 47.7 Å². The molecule has 0 aromatic heterocycles. The molecule has 2 aliphatic rings. The van der Waals surface area contributed by atoms with E-state index < -0.39 is 11.4 Å². The Balaban J connectivity index is 1.61. The van der Waals surface area contributed by atoms with Gasteiger partial charge in [0, 0.05) is 13.1 Å². The van der Waals surface area contributed by atoms with Crippen molar-refractivity contribution in [1.29, 1.82) is 0 Å². The first kappa shape index (κ1) is 15.6. The fraction of sp³-hybridized carbons (Fsp3) is 0.529. The van der Waals surface area contributed by atoms with E-state index in [4.69, 9.17) is 4.74 Å². The molecule has 1 fully saturated rings. The number of rotatable bonds is 2. The number of amides is 2. The zero-order valence-corrected chi connectivity index (χ0v) is 13.5. The maximum absolute atomic E-state index is 12.4. The highest BCUT2D eigenvalue weighted by Crippen LogP contribution is 2.31. The molecule has 2 N–H and O–H groups in total. The van der Waals surface area contributed by atoms with E-state index in [0.717, 1.165) is 23.3 Å². The largest absolute Gasteiger partial charge is 0.491 e. The molecule has 2 atom stereocenters. The Morgan fingerprint density at radius 1 is 1.43 bits per heavy atom. The Hall–Kier alpha value is -2.24. The summed E-state index contributed by atoms with van der Waals surface area (Å²) >= 11 is 0. The van der Waals surface area contributed by atoms with Gasteiger partial charge in [0.15, 0.2) is 0 Å². The summed E-state index contributed by atoms with van der Waals surface area (Å²) in [5.41, 5.74) is 1.35. The third-order valence-corrected chi connectivity index (χ3v) is 4.79. The van der Waals surface area contributed by atoms with Crippen molar-refractivity contribution in [1.82, 2.24) is 10.2 Å². The minimum Gasteiger partial charge on any atom is -0.491 e. The molecule has 2 unspecified atom stereocenters. The fourth-order valence-corrected chi connectivity index (χ4v) is 3.26. The molecule has 1 aromatic rings. The molecule has 0 saturated carbocycles. The van der Waals surface area contributed by atoms with Crippen molar-refractivity contribution in [2.24, 2.45) is 5.41 Å². The zero-order valence-electron chi connectivity index (χ0n) is 13.5. The van der Waals surface area contributed by atoms with Crippen molar-refractivity contribution in [3.05, 3.63) is 29.3 Å². The SMILES string of the molecule is Cc1cccc2c1OCC(NC(=O)N1CCC(C)(C(=O)O)C1)C2. The maximum atomic E-state index is 12.4. The number of nitrogens with one attached hydrogen (secondary N) is 1. The number of ether oxygens (including phenoxy) is 1. The second-order valence-electron chi connectivity index (χ2n) is 6.76. The Morgan fingerprint density at radius 2 is 2.22 bits per heavy atom. The quantitative estimate of drug-likeness (QED) is 0.871. The van der Waals surface area contributed by atoms with E-state index in [0.29, 0.717) is 19.6 Å². The van der Waals surface area contributed by atoms with E-state index >= 15 is 0 Å². The van der Waals surface area contributed by atoms with Gasteiger partial charge in [-0.05, 0) is 37.8 Å². The minimum absolute atomic E-state index is 0.0894. The minimum atomic E-state index is -0.849. The van der Waals surface area contributed by atoms with Gasteiger partial charge >= 0.3 is 12.0 Å². The van der Waals surface area contributed by atoms with Crippen LogP contribution in [0.3, 0.4) is 0 Å². The van der Waals surface area contributed by atoms with Crippen LogP contribution < -0.4 is 10.1 Å². The standard InChI is InChI=1S/C17H22N2O4/c1-11-4-3-5-12-8-13(9-23-14(11)12)18-16(22)19-7-6-17(2,10-19)15(20)21/h3-5,13H,6-10H2,1-2H3,(H,18,22)(H,20,21). The molecule has 1 saturated heterocycles. The summed E-state index contributed by atoms with van der Waals surface area (Å²) in [4.78, 5) is 25.2. The van der Waals surface area contributed by atoms with E-state index in [2.05, 4.69) is 5.32 Å². The summed E-state index contributed by atoms with van der Waals surface area (Å²) in [6.07, 6.45) is 1.21. The number of carboxylic acids is 1. The number of carbonyl (C=O) groups is 2. The van der Waals surface area contributed by atoms with Gasteiger partial charge in [-0.3, -0.25) is 4.79 Å². The number of likely N-dealkylation sites (tertiary alicyclic amines) is 1. The molecule has 6 nitrogen and oxygen atoms in total. The lowest BCUT2D eigenvalue weighted by molar-refractivity contribution is -0.147. The summed E-state index contributed by atoms with van der Waals surface area (Å²) in [7, 11) is 0. The van der Waals surface area contributed by atoms with Gasteiger partial charge in [0.2, 0.25) is 0 Å². The number of hydrogen-bond donors (Lipinski definition) is 2. The van der Waals surface area contributed by atoms with E-state index in [-0.39, 0.29) is 18.6 Å². The second-order valence-corrected chi connectivity index (χ2v) is 6.76. The van der Waals surface area contributed by atoms with E-state index in [1.165, 1.54) is 0 Å². The normalized spacial score (nSPS) is 26.3. The van der Waals surface area contributed by atoms with Gasteiger partial charge < -0.3 is 20.1 Å². The predicted molar refractivity (Wildman–Crippen MR) is 84.6 cm³/mol. The van der Waals surface area contributed by atoms with Crippen LogP contribution in [-0.2, 0) is 11.2 Å². The molecule has 1 aromatic carbocycles. The van der Waals surface area contributed by atoms with E-state index in [1.807, 2.05) is 25.1 Å². The van der Waals surface area contributed by atoms with Gasteiger partial charge in [0.1, 0.15) is 12.4 Å². The molecule has 2 aliphatic heterocycles. The lowest BCUT2D eigenvalue weighted by atomic mass is 9.90. The predicted octanol–water partition coefficient (Wildman–Crippen LogP) is 1.80. The van der Waals surface area contributed by atoms with Gasteiger partial charge in [0.05, 0.1) is 11.5 Å². The molecule has 2 heterocycles. The van der Waals surface area contributed by atoms with Crippen LogP contribution in [0.4, 0.5) is 4.79 Å². The van der Waals surface area contributed by atoms with Crippen molar-refractivity contribution < 1.29 is 19.4 Å². The lowest BCUT2D eigenvalue weighted by Crippen LogP contribution is -2.49. The number of fused-ring (bicyclic) bond motifs is 1. The number of aliphatic carboxylic acids is 1. The third kappa shape index (κ3) is 2.98. The summed E-state index contributed by atoms with van der Waals surface area (Å²) in [5, 5.41) is 12.2. The number of aryl methyl sites for hydroxylation is 1. The molecule has 0 bridgehead atoms. The number of benzene rings is 1. The van der Waals surface area contributed by atoms with Crippen LogP contribution in [0, 0.1) is 12.3 Å².